The Balaban J connectivity index is 1.21. The highest BCUT2D eigenvalue weighted by molar-refractivity contribution is 5.92. The Hall–Kier alpha value is -2.46. The van der Waals surface area contributed by atoms with E-state index in [0.29, 0.717) is 12.3 Å². The molecule has 3 heterocycles. The molecule has 0 spiro atoms. The summed E-state index contributed by atoms with van der Waals surface area (Å²) in [5.74, 6) is 0.403. The summed E-state index contributed by atoms with van der Waals surface area (Å²) >= 11 is 0. The molecular formula is C21H27N5O2. The number of Topliss-reactive ketones (excluding diaryl/α,β-unsaturated/α-hetero) is 1. The van der Waals surface area contributed by atoms with Crippen LogP contribution in [0, 0.1) is 17.2 Å². The summed E-state index contributed by atoms with van der Waals surface area (Å²) in [7, 11) is 0. The van der Waals surface area contributed by atoms with Crippen LogP contribution in [0.5, 0.6) is 0 Å². The number of aliphatic imine (C=N–C) groups is 1. The maximum absolute atomic E-state index is 12.9. The molecule has 1 aliphatic carbocycles. The van der Waals surface area contributed by atoms with Gasteiger partial charge in [-0.25, -0.2) is 0 Å². The monoisotopic (exact) mass is 381 g/mol. The molecule has 0 aromatic rings. The molecule has 4 aliphatic rings. The summed E-state index contributed by atoms with van der Waals surface area (Å²) in [6.07, 6.45) is 11.6. The standard InChI is InChI=1S/C21H27N5O2/c22-10-17-2-1-9-26(17)20(27)13-24-16-6-3-14(4-7-16)21(28)18-8-5-15-11-23-12-19(15)25-18/h5,11-12,14,16-18,24-25H,1-4,6-9,13H2/t14?,16?,17-,18?/m0/s1. The number of hydrogen-bond acceptors (Lipinski definition) is 6. The third-order valence-corrected chi connectivity index (χ3v) is 6.37. The lowest BCUT2D eigenvalue weighted by atomic mass is 9.80. The van der Waals surface area contributed by atoms with Crippen molar-refractivity contribution in [2.24, 2.45) is 10.9 Å². The van der Waals surface area contributed by atoms with Crippen molar-refractivity contribution in [3.8, 4) is 6.07 Å². The van der Waals surface area contributed by atoms with E-state index in [0.717, 1.165) is 56.2 Å². The number of likely N-dealkylation sites (tertiary alicyclic amines) is 1. The smallest absolute Gasteiger partial charge is 0.237 e. The summed E-state index contributed by atoms with van der Waals surface area (Å²) < 4.78 is 0. The van der Waals surface area contributed by atoms with Gasteiger partial charge in [0.15, 0.2) is 5.78 Å². The minimum absolute atomic E-state index is 0.0169. The van der Waals surface area contributed by atoms with Crippen molar-refractivity contribution < 1.29 is 9.59 Å². The van der Waals surface area contributed by atoms with E-state index in [4.69, 9.17) is 5.26 Å². The number of ketones is 1. The van der Waals surface area contributed by atoms with Crippen molar-refractivity contribution in [3.05, 3.63) is 23.5 Å². The first-order valence-electron chi connectivity index (χ1n) is 10.3. The summed E-state index contributed by atoms with van der Waals surface area (Å²) in [5.41, 5.74) is 2.04. The average molecular weight is 381 g/mol. The molecule has 7 heteroatoms. The number of amides is 1. The second kappa shape index (κ2) is 8.27. The van der Waals surface area contributed by atoms with Crippen LogP contribution in [0.2, 0.25) is 0 Å². The van der Waals surface area contributed by atoms with Crippen LogP contribution in [0.3, 0.4) is 0 Å². The first kappa shape index (κ1) is 18.9. The van der Waals surface area contributed by atoms with Gasteiger partial charge in [0, 0.05) is 30.3 Å². The molecule has 148 valence electrons. The molecule has 7 nitrogen and oxygen atoms in total. The number of carbonyl (C=O) groups excluding carboxylic acids is 2. The Morgan fingerprint density at radius 2 is 2.11 bits per heavy atom. The molecule has 2 N–H and O–H groups in total. The van der Waals surface area contributed by atoms with Gasteiger partial charge in [-0.2, -0.15) is 5.26 Å². The molecule has 2 fully saturated rings. The van der Waals surface area contributed by atoms with E-state index < -0.39 is 0 Å². The van der Waals surface area contributed by atoms with Crippen LogP contribution in [0.1, 0.15) is 44.9 Å². The fourth-order valence-corrected chi connectivity index (χ4v) is 4.70. The molecule has 2 atom stereocenters. The third kappa shape index (κ3) is 3.88. The van der Waals surface area contributed by atoms with Crippen molar-refractivity contribution in [2.75, 3.05) is 13.1 Å². The van der Waals surface area contributed by atoms with Crippen LogP contribution in [0.4, 0.5) is 0 Å². The zero-order valence-corrected chi connectivity index (χ0v) is 16.1. The van der Waals surface area contributed by atoms with Gasteiger partial charge < -0.3 is 15.5 Å². The average Bonchev–Trinajstić information content (AvgIpc) is 3.40. The lowest BCUT2D eigenvalue weighted by Crippen LogP contribution is -2.46. The number of nitrogens with zero attached hydrogens (tertiary/aromatic N) is 3. The van der Waals surface area contributed by atoms with Crippen LogP contribution in [-0.4, -0.2) is 54.0 Å². The minimum Gasteiger partial charge on any atom is -0.373 e. The Morgan fingerprint density at radius 1 is 1.29 bits per heavy atom. The van der Waals surface area contributed by atoms with Crippen molar-refractivity contribution in [2.45, 2.75) is 63.1 Å². The van der Waals surface area contributed by atoms with E-state index in [2.05, 4.69) is 27.8 Å². The van der Waals surface area contributed by atoms with Gasteiger partial charge in [0.25, 0.3) is 0 Å². The van der Waals surface area contributed by atoms with Gasteiger partial charge in [0.2, 0.25) is 5.91 Å². The second-order valence-electron chi connectivity index (χ2n) is 8.12. The maximum atomic E-state index is 12.9. The molecule has 1 saturated heterocycles. The molecule has 1 saturated carbocycles. The van der Waals surface area contributed by atoms with Gasteiger partial charge in [-0.1, -0.05) is 6.08 Å². The molecule has 28 heavy (non-hydrogen) atoms. The van der Waals surface area contributed by atoms with Crippen molar-refractivity contribution in [3.63, 3.8) is 0 Å². The lowest BCUT2D eigenvalue weighted by Gasteiger charge is -2.32. The van der Waals surface area contributed by atoms with Crippen LogP contribution < -0.4 is 10.6 Å². The van der Waals surface area contributed by atoms with Crippen LogP contribution in [0.25, 0.3) is 0 Å². The molecular weight excluding hydrogens is 354 g/mol. The van der Waals surface area contributed by atoms with E-state index in [1.807, 2.05) is 6.21 Å². The number of carbonyl (C=O) groups is 2. The van der Waals surface area contributed by atoms with Gasteiger partial charge in [0.1, 0.15) is 6.04 Å². The summed E-state index contributed by atoms with van der Waals surface area (Å²) in [4.78, 5) is 31.1. The highest BCUT2D eigenvalue weighted by Crippen LogP contribution is 2.29. The van der Waals surface area contributed by atoms with Gasteiger partial charge in [-0.3, -0.25) is 14.6 Å². The van der Waals surface area contributed by atoms with Gasteiger partial charge >= 0.3 is 0 Å². The van der Waals surface area contributed by atoms with Crippen LogP contribution in [0.15, 0.2) is 28.5 Å². The quantitative estimate of drug-likeness (QED) is 0.751. The Kier molecular flexibility index (Phi) is 5.58. The maximum Gasteiger partial charge on any atom is 0.237 e. The molecule has 3 aliphatic heterocycles. The predicted molar refractivity (Wildman–Crippen MR) is 105 cm³/mol. The predicted octanol–water partition coefficient (Wildman–Crippen LogP) is 1.43. The highest BCUT2D eigenvalue weighted by atomic mass is 16.2. The van der Waals surface area contributed by atoms with Gasteiger partial charge in [0.05, 0.1) is 30.6 Å². The Labute approximate surface area is 165 Å². The van der Waals surface area contributed by atoms with Gasteiger partial charge in [-0.15, -0.1) is 0 Å². The van der Waals surface area contributed by atoms with Gasteiger partial charge in [-0.05, 0) is 44.9 Å². The molecule has 0 radical (unpaired) electrons. The Bertz CT molecular complexity index is 770. The van der Waals surface area contributed by atoms with E-state index in [1.54, 1.807) is 11.1 Å². The number of rotatable bonds is 5. The highest BCUT2D eigenvalue weighted by Gasteiger charge is 2.33. The minimum atomic E-state index is -0.263. The third-order valence-electron chi connectivity index (χ3n) is 6.37. The van der Waals surface area contributed by atoms with E-state index >= 15 is 0 Å². The molecule has 0 aromatic carbocycles. The van der Waals surface area contributed by atoms with Crippen LogP contribution in [-0.2, 0) is 9.59 Å². The molecule has 1 unspecified atom stereocenters. The topological polar surface area (TPSA) is 97.6 Å². The SMILES string of the molecule is N#C[C@@H]1CCCN1C(=O)CNC1CCC(C(=O)C2CC=C3C=NC=C3N2)CC1. The number of nitriles is 1. The molecule has 0 aromatic heterocycles. The number of hydrogen-bond donors (Lipinski definition) is 2. The number of nitrogens with one attached hydrogen (secondary N) is 2. The van der Waals surface area contributed by atoms with Crippen LogP contribution >= 0.6 is 0 Å². The molecule has 1 amide bonds. The van der Waals surface area contributed by atoms with E-state index in [9.17, 15) is 9.59 Å². The fraction of sp³-hybridized carbons (Fsp3) is 0.619. The summed E-state index contributed by atoms with van der Waals surface area (Å²) in [6, 6.07) is 2.07. The summed E-state index contributed by atoms with van der Waals surface area (Å²) in [6.45, 7) is 0.972. The first-order valence-corrected chi connectivity index (χ1v) is 10.3. The lowest BCUT2D eigenvalue weighted by molar-refractivity contribution is -0.130. The van der Waals surface area contributed by atoms with Crippen molar-refractivity contribution >= 4 is 17.9 Å². The normalized spacial score (nSPS) is 31.5. The molecule has 4 rings (SSSR count). The number of fused-ring (bicyclic) bond motifs is 1. The zero-order chi connectivity index (χ0) is 19.5. The largest absolute Gasteiger partial charge is 0.373 e. The summed E-state index contributed by atoms with van der Waals surface area (Å²) in [5, 5.41) is 15.8. The van der Waals surface area contributed by atoms with E-state index in [-0.39, 0.29) is 36.5 Å². The second-order valence-corrected chi connectivity index (χ2v) is 8.12. The first-order chi connectivity index (χ1) is 13.7. The zero-order valence-electron chi connectivity index (χ0n) is 16.1. The fourth-order valence-electron chi connectivity index (χ4n) is 4.70. The van der Waals surface area contributed by atoms with E-state index in [1.165, 1.54) is 0 Å². The van der Waals surface area contributed by atoms with Crippen molar-refractivity contribution in [1.29, 1.82) is 5.26 Å². The Morgan fingerprint density at radius 3 is 2.89 bits per heavy atom. The molecule has 0 bridgehead atoms. The van der Waals surface area contributed by atoms with Crippen molar-refractivity contribution in [1.82, 2.24) is 15.5 Å². The number of allylic oxidation sites excluding steroid dienone is 1.